The summed E-state index contributed by atoms with van der Waals surface area (Å²) in [5.74, 6) is -0.483. The Kier molecular flexibility index (Phi) is 4.37. The highest BCUT2D eigenvalue weighted by molar-refractivity contribution is 7.07. The van der Waals surface area contributed by atoms with Gasteiger partial charge in [0, 0.05) is 11.9 Å². The van der Waals surface area contributed by atoms with Crippen LogP contribution >= 0.6 is 11.3 Å². The topological polar surface area (TPSA) is 76.4 Å². The maximum atomic E-state index is 13.2. The standard InChI is InChI=1S/C20H17N3O3S/c1-12-16(19(25)26-2)17(13-7-4-3-5-8-13)23-18(24)15(27-20(23)22-12)11-14-9-6-10-21-14/h3-11,17,21H,1-2H3/b15-11+/t17-/m0/s1. The molecule has 0 saturated heterocycles. The van der Waals surface area contributed by atoms with Crippen LogP contribution in [0.4, 0.5) is 0 Å². The minimum Gasteiger partial charge on any atom is -0.466 e. The van der Waals surface area contributed by atoms with Crippen LogP contribution in [0.25, 0.3) is 6.08 Å². The predicted molar refractivity (Wildman–Crippen MR) is 103 cm³/mol. The summed E-state index contributed by atoms with van der Waals surface area (Å²) in [6.45, 7) is 1.77. The number of thiazole rings is 1. The minimum absolute atomic E-state index is 0.184. The van der Waals surface area contributed by atoms with Gasteiger partial charge in [0.05, 0.1) is 29.0 Å². The number of aromatic nitrogens is 2. The van der Waals surface area contributed by atoms with Crippen molar-refractivity contribution in [2.75, 3.05) is 7.11 Å². The van der Waals surface area contributed by atoms with Gasteiger partial charge in [0.1, 0.15) is 0 Å². The summed E-state index contributed by atoms with van der Waals surface area (Å²) in [6, 6.07) is 12.6. The van der Waals surface area contributed by atoms with Gasteiger partial charge in [-0.3, -0.25) is 9.36 Å². The second kappa shape index (κ2) is 6.85. The lowest BCUT2D eigenvalue weighted by atomic mass is 9.96. The first-order chi connectivity index (χ1) is 13.1. The fraction of sp³-hybridized carbons (Fsp3) is 0.150. The number of benzene rings is 1. The maximum absolute atomic E-state index is 13.2. The van der Waals surface area contributed by atoms with Gasteiger partial charge in [-0.1, -0.05) is 41.7 Å². The molecule has 27 heavy (non-hydrogen) atoms. The van der Waals surface area contributed by atoms with Crippen molar-refractivity contribution in [1.82, 2.24) is 9.55 Å². The molecule has 6 nitrogen and oxygen atoms in total. The SMILES string of the molecule is COC(=O)C1=C(C)N=c2s/c(=C/c3ccc[nH]3)c(=O)n2[C@H]1c1ccccc1. The van der Waals surface area contributed by atoms with Gasteiger partial charge in [-0.2, -0.15) is 0 Å². The number of ether oxygens (including phenoxy) is 1. The highest BCUT2D eigenvalue weighted by Crippen LogP contribution is 2.30. The lowest BCUT2D eigenvalue weighted by Crippen LogP contribution is -2.39. The van der Waals surface area contributed by atoms with E-state index in [1.807, 2.05) is 42.5 Å². The summed E-state index contributed by atoms with van der Waals surface area (Å²) in [5.41, 5.74) is 2.42. The number of fused-ring (bicyclic) bond motifs is 1. The smallest absolute Gasteiger partial charge is 0.338 e. The van der Waals surface area contributed by atoms with Crippen LogP contribution in [0.3, 0.4) is 0 Å². The molecule has 0 bridgehead atoms. The third-order valence-corrected chi connectivity index (χ3v) is 5.43. The second-order valence-corrected chi connectivity index (χ2v) is 7.12. The molecule has 3 heterocycles. The molecule has 1 N–H and O–H groups in total. The maximum Gasteiger partial charge on any atom is 0.338 e. The van der Waals surface area contributed by atoms with Crippen molar-refractivity contribution < 1.29 is 9.53 Å². The Morgan fingerprint density at radius 1 is 1.26 bits per heavy atom. The van der Waals surface area contributed by atoms with Gasteiger partial charge in [0.2, 0.25) is 0 Å². The predicted octanol–water partition coefficient (Wildman–Crippen LogP) is 1.74. The molecule has 1 aliphatic heterocycles. The second-order valence-electron chi connectivity index (χ2n) is 6.11. The number of nitrogens with one attached hydrogen (secondary N) is 1. The number of hydrogen-bond donors (Lipinski definition) is 1. The van der Waals surface area contributed by atoms with Gasteiger partial charge in [-0.05, 0) is 30.7 Å². The first-order valence-corrected chi connectivity index (χ1v) is 9.21. The van der Waals surface area contributed by atoms with E-state index in [9.17, 15) is 9.59 Å². The summed E-state index contributed by atoms with van der Waals surface area (Å²) in [5, 5.41) is 0. The first kappa shape index (κ1) is 17.2. The first-order valence-electron chi connectivity index (χ1n) is 8.39. The van der Waals surface area contributed by atoms with Crippen molar-refractivity contribution >= 4 is 23.4 Å². The van der Waals surface area contributed by atoms with Crippen molar-refractivity contribution in [3.63, 3.8) is 0 Å². The van der Waals surface area contributed by atoms with Gasteiger partial charge in [0.25, 0.3) is 5.56 Å². The number of allylic oxidation sites excluding steroid dienone is 1. The van der Waals surface area contributed by atoms with E-state index in [0.29, 0.717) is 20.6 Å². The summed E-state index contributed by atoms with van der Waals surface area (Å²) >= 11 is 1.31. The zero-order valence-electron chi connectivity index (χ0n) is 14.8. The van der Waals surface area contributed by atoms with Crippen LogP contribution < -0.4 is 14.9 Å². The van der Waals surface area contributed by atoms with E-state index in [0.717, 1.165) is 11.3 Å². The van der Waals surface area contributed by atoms with Gasteiger partial charge in [0.15, 0.2) is 4.80 Å². The Morgan fingerprint density at radius 3 is 2.70 bits per heavy atom. The Balaban J connectivity index is 2.00. The monoisotopic (exact) mass is 379 g/mol. The molecule has 0 radical (unpaired) electrons. The van der Waals surface area contributed by atoms with E-state index in [1.165, 1.54) is 18.4 Å². The number of carbonyl (C=O) groups is 1. The minimum atomic E-state index is -0.569. The van der Waals surface area contributed by atoms with E-state index < -0.39 is 12.0 Å². The normalized spacial score (nSPS) is 16.8. The molecule has 7 heteroatoms. The molecule has 0 aliphatic carbocycles. The van der Waals surface area contributed by atoms with Crippen molar-refractivity contribution in [3.05, 3.63) is 90.9 Å². The molecule has 1 atom stereocenters. The molecule has 1 aromatic carbocycles. The number of rotatable bonds is 3. The van der Waals surface area contributed by atoms with Crippen molar-refractivity contribution in [2.24, 2.45) is 4.99 Å². The molecule has 2 aromatic heterocycles. The summed E-state index contributed by atoms with van der Waals surface area (Å²) in [7, 11) is 1.33. The lowest BCUT2D eigenvalue weighted by Gasteiger charge is -2.24. The van der Waals surface area contributed by atoms with Crippen molar-refractivity contribution in [1.29, 1.82) is 0 Å². The zero-order chi connectivity index (χ0) is 19.0. The highest BCUT2D eigenvalue weighted by Gasteiger charge is 2.32. The molecule has 0 amide bonds. The van der Waals surface area contributed by atoms with E-state index >= 15 is 0 Å². The molecule has 0 saturated carbocycles. The molecule has 1 aliphatic rings. The molecular weight excluding hydrogens is 362 g/mol. The van der Waals surface area contributed by atoms with Crippen LogP contribution in [-0.2, 0) is 9.53 Å². The summed E-state index contributed by atoms with van der Waals surface area (Å²) in [6.07, 6.45) is 3.60. The van der Waals surface area contributed by atoms with E-state index in [4.69, 9.17) is 4.74 Å². The largest absolute Gasteiger partial charge is 0.466 e. The summed E-state index contributed by atoms with van der Waals surface area (Å²) < 4.78 is 7.11. The van der Waals surface area contributed by atoms with Gasteiger partial charge in [-0.15, -0.1) is 0 Å². The fourth-order valence-electron chi connectivity index (χ4n) is 3.22. The van der Waals surface area contributed by atoms with Crippen molar-refractivity contribution in [2.45, 2.75) is 13.0 Å². The molecule has 0 fully saturated rings. The quantitative estimate of drug-likeness (QED) is 0.704. The third kappa shape index (κ3) is 2.96. The fourth-order valence-corrected chi connectivity index (χ4v) is 4.26. The Bertz CT molecular complexity index is 1200. The number of carbonyl (C=O) groups excluding carboxylic acids is 1. The number of esters is 1. The number of hydrogen-bond acceptors (Lipinski definition) is 5. The number of H-pyrrole nitrogens is 1. The molecule has 0 unspecified atom stereocenters. The number of aromatic amines is 1. The van der Waals surface area contributed by atoms with Crippen molar-refractivity contribution in [3.8, 4) is 0 Å². The lowest BCUT2D eigenvalue weighted by molar-refractivity contribution is -0.136. The molecular formula is C20H17N3O3S. The summed E-state index contributed by atoms with van der Waals surface area (Å²) in [4.78, 5) is 33.8. The van der Waals surface area contributed by atoms with Crippen LogP contribution in [0.2, 0.25) is 0 Å². The van der Waals surface area contributed by atoms with Crippen LogP contribution in [0, 0.1) is 0 Å². The zero-order valence-corrected chi connectivity index (χ0v) is 15.6. The Hall–Kier alpha value is -3.19. The molecule has 4 rings (SSSR count). The van der Waals surface area contributed by atoms with Gasteiger partial charge < -0.3 is 9.72 Å². The average molecular weight is 379 g/mol. The average Bonchev–Trinajstić information content (AvgIpc) is 3.29. The van der Waals surface area contributed by atoms with E-state index in [1.54, 1.807) is 23.8 Å². The van der Waals surface area contributed by atoms with E-state index in [2.05, 4.69) is 9.98 Å². The number of nitrogens with zero attached hydrogens (tertiary/aromatic N) is 2. The molecule has 136 valence electrons. The number of methoxy groups -OCH3 is 1. The van der Waals surface area contributed by atoms with Gasteiger partial charge >= 0.3 is 5.97 Å². The Labute approximate surface area is 158 Å². The van der Waals surface area contributed by atoms with Gasteiger partial charge in [-0.25, -0.2) is 9.79 Å². The molecule has 3 aromatic rings. The third-order valence-electron chi connectivity index (χ3n) is 4.45. The molecule has 0 spiro atoms. The van der Waals surface area contributed by atoms with Crippen LogP contribution in [0.1, 0.15) is 24.2 Å². The van der Waals surface area contributed by atoms with Crippen LogP contribution in [0.15, 0.2) is 69.7 Å². The van der Waals surface area contributed by atoms with Crippen LogP contribution in [0.5, 0.6) is 0 Å². The van der Waals surface area contributed by atoms with E-state index in [-0.39, 0.29) is 5.56 Å². The van der Waals surface area contributed by atoms with Crippen LogP contribution in [-0.4, -0.2) is 22.6 Å². The Morgan fingerprint density at radius 2 is 2.04 bits per heavy atom. The highest BCUT2D eigenvalue weighted by atomic mass is 32.1.